The number of fused-ring (bicyclic) bond motifs is 1. The highest BCUT2D eigenvalue weighted by molar-refractivity contribution is 6.39. The normalized spacial score (nSPS) is 10.9. The average Bonchev–Trinajstić information content (AvgIpc) is 2.81. The average molecular weight is 313 g/mol. The van der Waals surface area contributed by atoms with Crippen molar-refractivity contribution in [3.8, 4) is 0 Å². The van der Waals surface area contributed by atoms with Crippen molar-refractivity contribution >= 4 is 51.8 Å². The minimum atomic E-state index is -0.528. The van der Waals surface area contributed by atoms with Crippen LogP contribution in [0.25, 0.3) is 11.2 Å². The maximum absolute atomic E-state index is 13.2. The molecule has 3 aromatic rings. The molecule has 0 saturated carbocycles. The van der Waals surface area contributed by atoms with Crippen LogP contribution in [-0.2, 0) is 0 Å². The van der Waals surface area contributed by atoms with Gasteiger partial charge in [0.15, 0.2) is 11.5 Å². The largest absolute Gasteiger partial charge is 0.368 e. The zero-order valence-electron chi connectivity index (χ0n) is 9.78. The molecule has 0 fully saturated rings. The molecular weight excluding hydrogens is 306 g/mol. The van der Waals surface area contributed by atoms with Gasteiger partial charge in [0, 0.05) is 0 Å². The third kappa shape index (κ3) is 2.21. The van der Waals surface area contributed by atoms with Crippen LogP contribution in [0.4, 0.5) is 21.8 Å². The lowest BCUT2D eigenvalue weighted by Gasteiger charge is -2.10. The Labute approximate surface area is 122 Å². The Morgan fingerprint density at radius 2 is 1.90 bits per heavy atom. The zero-order chi connectivity index (χ0) is 14.3. The number of hydrogen-bond acceptors (Lipinski definition) is 5. The van der Waals surface area contributed by atoms with Gasteiger partial charge in [0.2, 0.25) is 5.95 Å². The molecule has 0 aliphatic rings. The van der Waals surface area contributed by atoms with E-state index in [1.54, 1.807) is 0 Å². The topological polar surface area (TPSA) is 92.5 Å². The van der Waals surface area contributed by atoms with Gasteiger partial charge in [0.05, 0.1) is 22.1 Å². The first-order valence-electron chi connectivity index (χ1n) is 5.43. The molecule has 0 aliphatic heterocycles. The first kappa shape index (κ1) is 12.9. The molecular formula is C11H7Cl2FN6. The molecule has 0 radical (unpaired) electrons. The third-order valence-corrected chi connectivity index (χ3v) is 3.15. The highest BCUT2D eigenvalue weighted by atomic mass is 35.5. The summed E-state index contributed by atoms with van der Waals surface area (Å²) in [5.74, 6) is -0.138. The minimum Gasteiger partial charge on any atom is -0.368 e. The van der Waals surface area contributed by atoms with Gasteiger partial charge in [-0.2, -0.15) is 9.97 Å². The SMILES string of the molecule is Nc1nc(Nc2c(Cl)cc(F)cc2Cl)c2[nH]cnc2n1. The van der Waals surface area contributed by atoms with E-state index in [0.29, 0.717) is 22.7 Å². The maximum Gasteiger partial charge on any atom is 0.224 e. The number of anilines is 3. The highest BCUT2D eigenvalue weighted by Crippen LogP contribution is 2.34. The number of rotatable bonds is 2. The number of aromatic nitrogens is 4. The van der Waals surface area contributed by atoms with Crippen LogP contribution >= 0.6 is 23.2 Å². The number of imidazole rings is 1. The zero-order valence-corrected chi connectivity index (χ0v) is 11.3. The van der Waals surface area contributed by atoms with Crippen LogP contribution in [0.15, 0.2) is 18.5 Å². The van der Waals surface area contributed by atoms with Gasteiger partial charge in [-0.15, -0.1) is 0 Å². The number of aromatic amines is 1. The van der Waals surface area contributed by atoms with E-state index in [1.165, 1.54) is 6.33 Å². The van der Waals surface area contributed by atoms with Crippen LogP contribution in [-0.4, -0.2) is 19.9 Å². The molecule has 20 heavy (non-hydrogen) atoms. The Kier molecular flexibility index (Phi) is 3.07. The van der Waals surface area contributed by atoms with Gasteiger partial charge >= 0.3 is 0 Å². The molecule has 6 nitrogen and oxygen atoms in total. The van der Waals surface area contributed by atoms with Gasteiger partial charge in [-0.05, 0) is 12.1 Å². The maximum atomic E-state index is 13.2. The molecule has 0 saturated heterocycles. The summed E-state index contributed by atoms with van der Waals surface area (Å²) in [7, 11) is 0. The number of benzene rings is 1. The van der Waals surface area contributed by atoms with Crippen LogP contribution in [0.2, 0.25) is 10.0 Å². The Morgan fingerprint density at radius 3 is 2.60 bits per heavy atom. The monoisotopic (exact) mass is 312 g/mol. The predicted octanol–water partition coefficient (Wildman–Crippen LogP) is 3.12. The lowest BCUT2D eigenvalue weighted by Crippen LogP contribution is -2.02. The van der Waals surface area contributed by atoms with Crippen molar-refractivity contribution in [2.45, 2.75) is 0 Å². The summed E-state index contributed by atoms with van der Waals surface area (Å²) < 4.78 is 13.2. The summed E-state index contributed by atoms with van der Waals surface area (Å²) in [5.41, 5.74) is 6.85. The molecule has 2 heterocycles. The molecule has 0 spiro atoms. The second-order valence-electron chi connectivity index (χ2n) is 3.90. The molecule has 0 atom stereocenters. The number of nitrogens with two attached hydrogens (primary N) is 1. The van der Waals surface area contributed by atoms with Gasteiger partial charge in [-0.25, -0.2) is 9.37 Å². The van der Waals surface area contributed by atoms with E-state index < -0.39 is 5.82 Å². The fourth-order valence-electron chi connectivity index (χ4n) is 1.72. The molecule has 0 unspecified atom stereocenters. The predicted molar refractivity (Wildman–Crippen MR) is 75.8 cm³/mol. The summed E-state index contributed by atoms with van der Waals surface area (Å²) in [6, 6.07) is 2.29. The van der Waals surface area contributed by atoms with Gasteiger partial charge in [-0.3, -0.25) is 0 Å². The van der Waals surface area contributed by atoms with E-state index in [0.717, 1.165) is 12.1 Å². The molecule has 0 aliphatic carbocycles. The van der Waals surface area contributed by atoms with E-state index in [1.807, 2.05) is 0 Å². The van der Waals surface area contributed by atoms with Crippen LogP contribution in [0, 0.1) is 5.82 Å². The molecule has 0 bridgehead atoms. The van der Waals surface area contributed by atoms with Gasteiger partial charge in [0.25, 0.3) is 0 Å². The number of nitrogen functional groups attached to an aromatic ring is 1. The highest BCUT2D eigenvalue weighted by Gasteiger charge is 2.13. The summed E-state index contributed by atoms with van der Waals surface area (Å²) in [4.78, 5) is 14.9. The van der Waals surface area contributed by atoms with Crippen LogP contribution < -0.4 is 11.1 Å². The number of nitrogens with one attached hydrogen (secondary N) is 2. The molecule has 3 rings (SSSR count). The summed E-state index contributed by atoms with van der Waals surface area (Å²) >= 11 is 11.9. The van der Waals surface area contributed by atoms with E-state index in [9.17, 15) is 4.39 Å². The van der Waals surface area contributed by atoms with Crippen LogP contribution in [0.5, 0.6) is 0 Å². The van der Waals surface area contributed by atoms with Crippen molar-refractivity contribution in [1.29, 1.82) is 0 Å². The Hall–Kier alpha value is -2.12. The summed E-state index contributed by atoms with van der Waals surface area (Å²) in [6.45, 7) is 0. The van der Waals surface area contributed by atoms with Crippen LogP contribution in [0.1, 0.15) is 0 Å². The molecule has 2 aromatic heterocycles. The minimum absolute atomic E-state index is 0.0430. The van der Waals surface area contributed by atoms with E-state index in [2.05, 4.69) is 25.3 Å². The number of halogens is 3. The standard InChI is InChI=1S/C11H7Cl2FN6/c12-5-1-4(14)2-6(13)7(5)18-10-8-9(17-3-16-8)19-11(15)20-10/h1-3H,(H4,15,16,17,18,19,20). The Balaban J connectivity index is 2.12. The Bertz CT molecular complexity index is 780. The number of H-pyrrole nitrogens is 1. The van der Waals surface area contributed by atoms with Gasteiger partial charge in [-0.1, -0.05) is 23.2 Å². The van der Waals surface area contributed by atoms with E-state index in [4.69, 9.17) is 28.9 Å². The molecule has 102 valence electrons. The third-order valence-electron chi connectivity index (χ3n) is 2.55. The van der Waals surface area contributed by atoms with Crippen molar-refractivity contribution < 1.29 is 4.39 Å². The number of nitrogens with zero attached hydrogens (tertiary/aromatic N) is 3. The molecule has 9 heteroatoms. The van der Waals surface area contributed by atoms with Gasteiger partial charge < -0.3 is 16.0 Å². The quantitative estimate of drug-likeness (QED) is 0.676. The molecule has 4 N–H and O–H groups in total. The van der Waals surface area contributed by atoms with Crippen molar-refractivity contribution in [1.82, 2.24) is 19.9 Å². The lowest BCUT2D eigenvalue weighted by molar-refractivity contribution is 0.628. The Morgan fingerprint density at radius 1 is 1.20 bits per heavy atom. The second-order valence-corrected chi connectivity index (χ2v) is 4.72. The first-order valence-corrected chi connectivity index (χ1v) is 6.18. The fraction of sp³-hybridized carbons (Fsp3) is 0. The van der Waals surface area contributed by atoms with Crippen molar-refractivity contribution in [3.05, 3.63) is 34.3 Å². The van der Waals surface area contributed by atoms with Crippen molar-refractivity contribution in [3.63, 3.8) is 0 Å². The fourth-order valence-corrected chi connectivity index (χ4v) is 2.28. The van der Waals surface area contributed by atoms with Crippen LogP contribution in [0.3, 0.4) is 0 Å². The summed E-state index contributed by atoms with van der Waals surface area (Å²) in [6.07, 6.45) is 1.46. The first-order chi connectivity index (χ1) is 9.54. The smallest absolute Gasteiger partial charge is 0.224 e. The number of hydrogen-bond donors (Lipinski definition) is 3. The van der Waals surface area contributed by atoms with Gasteiger partial charge in [0.1, 0.15) is 11.3 Å². The van der Waals surface area contributed by atoms with Crippen molar-refractivity contribution in [2.24, 2.45) is 0 Å². The molecule has 0 amide bonds. The molecule has 1 aromatic carbocycles. The second kappa shape index (κ2) is 4.77. The summed E-state index contributed by atoms with van der Waals surface area (Å²) in [5, 5.41) is 3.15. The van der Waals surface area contributed by atoms with E-state index in [-0.39, 0.29) is 16.0 Å². The van der Waals surface area contributed by atoms with Crippen molar-refractivity contribution in [2.75, 3.05) is 11.1 Å². The van der Waals surface area contributed by atoms with E-state index >= 15 is 0 Å². The lowest BCUT2D eigenvalue weighted by atomic mass is 10.3.